The number of aromatic nitrogens is 2. The molecule has 0 aromatic carbocycles. The minimum Gasteiger partial charge on any atom is -0.379 e. The van der Waals surface area contributed by atoms with E-state index in [9.17, 15) is 13.6 Å². The average Bonchev–Trinajstić information content (AvgIpc) is 3.17. The topological polar surface area (TPSA) is 74.3 Å². The highest BCUT2D eigenvalue weighted by atomic mass is 19.3. The van der Waals surface area contributed by atoms with Crippen LogP contribution in [0.1, 0.15) is 47.3 Å². The summed E-state index contributed by atoms with van der Waals surface area (Å²) in [6.45, 7) is 12.7. The van der Waals surface area contributed by atoms with Gasteiger partial charge < -0.3 is 24.2 Å². The zero-order valence-electron chi connectivity index (χ0n) is 26.2. The average molecular weight is 623 g/mol. The fraction of sp³-hybridized carbons (Fsp3) is 0.559. The first-order valence-electron chi connectivity index (χ1n) is 16.2. The van der Waals surface area contributed by atoms with Gasteiger partial charge in [-0.25, -0.2) is 13.8 Å². The number of fused-ring (bicyclic) bond motifs is 4. The molecule has 0 aliphatic carbocycles. The highest BCUT2D eigenvalue weighted by molar-refractivity contribution is 5.87. The second-order valence-corrected chi connectivity index (χ2v) is 12.2. The van der Waals surface area contributed by atoms with Crippen molar-refractivity contribution in [2.45, 2.75) is 51.1 Å². The third-order valence-corrected chi connectivity index (χ3v) is 9.65. The number of aryl methyl sites for hydroxylation is 1. The molecule has 1 amide bonds. The predicted octanol–water partition coefficient (Wildman–Crippen LogP) is 4.06. The molecular formula is C34H44F2N6O3. The zero-order chi connectivity index (χ0) is 31.3. The standard InChI is InChI=1S/C34H44F2N6O3/c1-3-32(43)41-15-13-39(14-16-41)30-23-42-28(30)8-4-6-26-29(42)22-31(38-33(26)34(35)36)40-12-5-7-25-24(2)9-11-37-27(25)10-18-44-20-21-45-19-17-40/h3-4,6,9,11,22,28,30,34H,1,5,7-8,10,12-21,23H2,2H3. The van der Waals surface area contributed by atoms with Gasteiger partial charge in [0.2, 0.25) is 5.91 Å². The Balaban J connectivity index is 1.23. The number of amides is 1. The third-order valence-electron chi connectivity index (χ3n) is 9.65. The molecule has 2 aromatic rings. The van der Waals surface area contributed by atoms with Crippen molar-refractivity contribution in [1.29, 1.82) is 0 Å². The summed E-state index contributed by atoms with van der Waals surface area (Å²) in [5.74, 6) is 0.534. The van der Waals surface area contributed by atoms with E-state index in [1.54, 1.807) is 0 Å². The first kappa shape index (κ1) is 31.6. The van der Waals surface area contributed by atoms with Crippen LogP contribution in [0.3, 0.4) is 0 Å². The Labute approximate surface area is 264 Å². The number of halogens is 2. The van der Waals surface area contributed by atoms with E-state index in [-0.39, 0.29) is 17.6 Å². The van der Waals surface area contributed by atoms with Gasteiger partial charge in [-0.15, -0.1) is 0 Å². The van der Waals surface area contributed by atoms with Crippen LogP contribution in [0.4, 0.5) is 20.3 Å². The molecule has 0 bridgehead atoms. The van der Waals surface area contributed by atoms with Gasteiger partial charge in [-0.05, 0) is 49.5 Å². The van der Waals surface area contributed by atoms with Crippen LogP contribution in [0.2, 0.25) is 0 Å². The van der Waals surface area contributed by atoms with Crippen LogP contribution < -0.4 is 9.80 Å². The molecule has 2 atom stereocenters. The molecule has 6 rings (SSSR count). The summed E-state index contributed by atoms with van der Waals surface area (Å²) < 4.78 is 40.9. The molecule has 0 N–H and O–H groups in total. The molecule has 242 valence electrons. The lowest BCUT2D eigenvalue weighted by atomic mass is 9.90. The molecular weight excluding hydrogens is 578 g/mol. The number of carbonyl (C=O) groups excluding carboxylic acids is 1. The van der Waals surface area contributed by atoms with E-state index in [2.05, 4.69) is 38.2 Å². The van der Waals surface area contributed by atoms with Crippen molar-refractivity contribution in [3.8, 4) is 0 Å². The van der Waals surface area contributed by atoms with Crippen molar-refractivity contribution in [2.24, 2.45) is 0 Å². The molecule has 2 fully saturated rings. The molecule has 4 aliphatic rings. The predicted molar refractivity (Wildman–Crippen MR) is 171 cm³/mol. The van der Waals surface area contributed by atoms with Gasteiger partial charge in [-0.3, -0.25) is 14.7 Å². The van der Waals surface area contributed by atoms with Crippen molar-refractivity contribution in [1.82, 2.24) is 19.8 Å². The number of pyridine rings is 2. The molecule has 45 heavy (non-hydrogen) atoms. The smallest absolute Gasteiger partial charge is 0.281 e. The number of rotatable bonds is 4. The lowest BCUT2D eigenvalue weighted by molar-refractivity contribution is -0.128. The Morgan fingerprint density at radius 1 is 1.04 bits per heavy atom. The summed E-state index contributed by atoms with van der Waals surface area (Å²) in [7, 11) is 0. The number of ether oxygens (including phenoxy) is 2. The highest BCUT2D eigenvalue weighted by Gasteiger charge is 2.44. The molecule has 2 aromatic heterocycles. The van der Waals surface area contributed by atoms with E-state index >= 15 is 0 Å². The van der Waals surface area contributed by atoms with Crippen LogP contribution >= 0.6 is 0 Å². The van der Waals surface area contributed by atoms with Gasteiger partial charge in [-0.2, -0.15) is 0 Å². The van der Waals surface area contributed by atoms with Gasteiger partial charge >= 0.3 is 0 Å². The van der Waals surface area contributed by atoms with E-state index in [0.717, 1.165) is 56.7 Å². The SMILES string of the molecule is C=CC(=O)N1CCN(C2CN3c4cc(N5CCCc6c(C)ccnc6CCOCCOCC5)nc(C(F)F)c4C=CCC23)CC1. The quantitative estimate of drug-likeness (QED) is 0.473. The van der Waals surface area contributed by atoms with E-state index in [4.69, 9.17) is 9.47 Å². The van der Waals surface area contributed by atoms with Gasteiger partial charge in [-0.1, -0.05) is 18.7 Å². The lowest BCUT2D eigenvalue weighted by Gasteiger charge is -2.55. The molecule has 6 heterocycles. The van der Waals surface area contributed by atoms with Crippen LogP contribution in [0.5, 0.6) is 0 Å². The van der Waals surface area contributed by atoms with Crippen molar-refractivity contribution < 1.29 is 23.0 Å². The van der Waals surface area contributed by atoms with E-state index in [0.29, 0.717) is 70.0 Å². The Morgan fingerprint density at radius 2 is 1.84 bits per heavy atom. The normalized spacial score (nSPS) is 23.3. The van der Waals surface area contributed by atoms with E-state index in [1.165, 1.54) is 17.2 Å². The Morgan fingerprint density at radius 3 is 2.62 bits per heavy atom. The van der Waals surface area contributed by atoms with Gasteiger partial charge in [0.05, 0.1) is 32.1 Å². The van der Waals surface area contributed by atoms with Gasteiger partial charge in [0.25, 0.3) is 6.43 Å². The second-order valence-electron chi connectivity index (χ2n) is 12.2. The van der Waals surface area contributed by atoms with Crippen LogP contribution in [0.15, 0.2) is 37.1 Å². The van der Waals surface area contributed by atoms with Crippen molar-refractivity contribution in [3.05, 3.63) is 65.1 Å². The van der Waals surface area contributed by atoms with Crippen molar-refractivity contribution >= 4 is 23.5 Å². The molecule has 11 heteroatoms. The van der Waals surface area contributed by atoms with E-state index < -0.39 is 6.43 Å². The van der Waals surface area contributed by atoms with Gasteiger partial charge in [0.1, 0.15) is 11.5 Å². The number of carbonyl (C=O) groups is 1. The number of anilines is 2. The maximum Gasteiger partial charge on any atom is 0.281 e. The van der Waals surface area contributed by atoms with Crippen LogP contribution in [-0.2, 0) is 27.1 Å². The summed E-state index contributed by atoms with van der Waals surface area (Å²) in [5.41, 5.74) is 4.68. The molecule has 0 spiro atoms. The van der Waals surface area contributed by atoms with E-state index in [1.807, 2.05) is 35.4 Å². The molecule has 4 aliphatic heterocycles. The third kappa shape index (κ3) is 6.90. The highest BCUT2D eigenvalue weighted by Crippen LogP contribution is 2.42. The first-order chi connectivity index (χ1) is 21.9. The molecule has 0 saturated carbocycles. The zero-order valence-corrected chi connectivity index (χ0v) is 26.2. The number of nitrogens with zero attached hydrogens (tertiary/aromatic N) is 6. The Kier molecular flexibility index (Phi) is 10.1. The first-order valence-corrected chi connectivity index (χ1v) is 16.2. The maximum atomic E-state index is 14.6. The largest absolute Gasteiger partial charge is 0.379 e. The number of piperazine rings is 1. The number of hydrogen-bond acceptors (Lipinski definition) is 8. The summed E-state index contributed by atoms with van der Waals surface area (Å²) in [6.07, 6.45) is 7.58. The van der Waals surface area contributed by atoms with Gasteiger partial charge in [0, 0.05) is 87.8 Å². The molecule has 2 saturated heterocycles. The van der Waals surface area contributed by atoms with Crippen LogP contribution in [0.25, 0.3) is 6.08 Å². The molecule has 2 unspecified atom stereocenters. The maximum absolute atomic E-state index is 14.6. The Bertz CT molecular complexity index is 1400. The lowest BCUT2D eigenvalue weighted by Crippen LogP contribution is -2.69. The summed E-state index contributed by atoms with van der Waals surface area (Å²) in [5, 5.41) is 0. The summed E-state index contributed by atoms with van der Waals surface area (Å²) in [4.78, 5) is 30.0. The monoisotopic (exact) mass is 622 g/mol. The fourth-order valence-electron chi connectivity index (χ4n) is 7.12. The van der Waals surface area contributed by atoms with Crippen LogP contribution in [0, 0.1) is 6.92 Å². The van der Waals surface area contributed by atoms with Gasteiger partial charge in [0.15, 0.2) is 0 Å². The summed E-state index contributed by atoms with van der Waals surface area (Å²) in [6, 6.07) is 4.53. The summed E-state index contributed by atoms with van der Waals surface area (Å²) >= 11 is 0. The Hall–Kier alpha value is -3.41. The minimum atomic E-state index is -2.69. The molecule has 0 radical (unpaired) electrons. The second kappa shape index (κ2) is 14.3. The van der Waals surface area contributed by atoms with Crippen LogP contribution in [-0.4, -0.2) is 110 Å². The number of hydrogen-bond donors (Lipinski definition) is 0. The van der Waals surface area contributed by atoms with Crippen molar-refractivity contribution in [2.75, 3.05) is 82.0 Å². The van der Waals surface area contributed by atoms with Crippen molar-refractivity contribution in [3.63, 3.8) is 0 Å². The minimum absolute atomic E-state index is 0.0294. The number of alkyl halides is 2. The molecule has 9 nitrogen and oxygen atoms in total. The fourth-order valence-corrected chi connectivity index (χ4v) is 7.12.